The molecule has 4 heterocycles. The molecule has 0 N–H and O–H groups in total. The Bertz CT molecular complexity index is 940. The van der Waals surface area contributed by atoms with Crippen LogP contribution < -0.4 is 5.56 Å². The Hall–Kier alpha value is -2.40. The molecule has 1 aliphatic rings. The van der Waals surface area contributed by atoms with Gasteiger partial charge < -0.3 is 4.57 Å². The van der Waals surface area contributed by atoms with Crippen molar-refractivity contribution in [3.63, 3.8) is 0 Å². The lowest BCUT2D eigenvalue weighted by atomic mass is 10.1. The van der Waals surface area contributed by atoms with E-state index in [1.165, 1.54) is 12.1 Å². The van der Waals surface area contributed by atoms with Gasteiger partial charge in [-0.15, -0.1) is 0 Å². The smallest absolute Gasteiger partial charge is 0.258 e. The van der Waals surface area contributed by atoms with Crippen LogP contribution in [0.4, 0.5) is 0 Å². The lowest BCUT2D eigenvalue weighted by Crippen LogP contribution is -2.26. The zero-order valence-electron chi connectivity index (χ0n) is 14.1. The van der Waals surface area contributed by atoms with Crippen LogP contribution in [-0.2, 0) is 13.6 Å². The molecule has 0 bridgehead atoms. The lowest BCUT2D eigenvalue weighted by Gasteiger charge is -2.24. The van der Waals surface area contributed by atoms with Crippen LogP contribution in [0.2, 0.25) is 0 Å². The minimum atomic E-state index is 0.00251. The number of fused-ring (bicyclic) bond motifs is 1. The highest BCUT2D eigenvalue weighted by Crippen LogP contribution is 2.32. The van der Waals surface area contributed by atoms with Gasteiger partial charge in [-0.3, -0.25) is 14.1 Å². The van der Waals surface area contributed by atoms with Crippen molar-refractivity contribution in [1.82, 2.24) is 18.9 Å². The molecule has 0 spiro atoms. The molecule has 0 aliphatic carbocycles. The third kappa shape index (κ3) is 2.55. The van der Waals surface area contributed by atoms with Gasteiger partial charge in [0, 0.05) is 37.2 Å². The zero-order chi connectivity index (χ0) is 16.7. The van der Waals surface area contributed by atoms with Crippen LogP contribution in [0.5, 0.6) is 0 Å². The Morgan fingerprint density at radius 3 is 2.92 bits per heavy atom. The van der Waals surface area contributed by atoms with Crippen LogP contribution in [0.25, 0.3) is 5.65 Å². The third-order valence-electron chi connectivity index (χ3n) is 4.99. The van der Waals surface area contributed by atoms with E-state index in [1.54, 1.807) is 10.5 Å². The number of likely N-dealkylation sites (tertiary alicyclic amines) is 1. The molecule has 3 aromatic rings. The summed E-state index contributed by atoms with van der Waals surface area (Å²) in [5.74, 6) is 0. The molecule has 1 fully saturated rings. The first kappa shape index (κ1) is 15.1. The summed E-state index contributed by atoms with van der Waals surface area (Å²) in [4.78, 5) is 19.6. The van der Waals surface area contributed by atoms with Gasteiger partial charge in [0.25, 0.3) is 5.56 Å². The Labute approximate surface area is 141 Å². The van der Waals surface area contributed by atoms with E-state index in [0.29, 0.717) is 6.04 Å². The topological polar surface area (TPSA) is 42.5 Å². The van der Waals surface area contributed by atoms with Crippen LogP contribution in [0.15, 0.2) is 47.4 Å². The van der Waals surface area contributed by atoms with Crippen molar-refractivity contribution in [2.75, 3.05) is 6.54 Å². The second kappa shape index (κ2) is 5.91. The number of hydrogen-bond acceptors (Lipinski definition) is 3. The third-order valence-corrected chi connectivity index (χ3v) is 4.99. The monoisotopic (exact) mass is 322 g/mol. The standard InChI is InChI=1S/C19H22N4O/c1-14-6-3-9-18-20-15(12-19(24)23(14)18)13-22-11-5-8-17(22)16-7-4-10-21(16)2/h3-4,6-7,9-10,12,17H,5,8,11,13H2,1-2H3. The molecule has 124 valence electrons. The molecule has 0 radical (unpaired) electrons. The second-order valence-corrected chi connectivity index (χ2v) is 6.62. The average molecular weight is 322 g/mol. The molecule has 1 unspecified atom stereocenters. The summed E-state index contributed by atoms with van der Waals surface area (Å²) in [5, 5.41) is 0. The number of nitrogens with zero attached hydrogens (tertiary/aromatic N) is 4. The summed E-state index contributed by atoms with van der Waals surface area (Å²) in [7, 11) is 2.09. The fraction of sp³-hybridized carbons (Fsp3) is 0.368. The molecule has 5 heteroatoms. The van der Waals surface area contributed by atoms with Crippen LogP contribution in [0.3, 0.4) is 0 Å². The van der Waals surface area contributed by atoms with Crippen molar-refractivity contribution < 1.29 is 0 Å². The number of rotatable bonds is 3. The first-order valence-corrected chi connectivity index (χ1v) is 8.47. The molecule has 0 amide bonds. The molecule has 1 atom stereocenters. The first-order valence-electron chi connectivity index (χ1n) is 8.47. The maximum Gasteiger partial charge on any atom is 0.258 e. The van der Waals surface area contributed by atoms with Gasteiger partial charge in [-0.05, 0) is 50.6 Å². The highest BCUT2D eigenvalue weighted by molar-refractivity contribution is 5.40. The van der Waals surface area contributed by atoms with E-state index in [9.17, 15) is 4.79 Å². The van der Waals surface area contributed by atoms with Gasteiger partial charge in [0.2, 0.25) is 0 Å². The number of aryl methyl sites for hydroxylation is 2. The van der Waals surface area contributed by atoms with Crippen molar-refractivity contribution in [2.45, 2.75) is 32.4 Å². The number of pyridine rings is 1. The molecule has 5 nitrogen and oxygen atoms in total. The van der Waals surface area contributed by atoms with Crippen LogP contribution in [0.1, 0.15) is 36.0 Å². The maximum atomic E-state index is 12.5. The molecule has 4 rings (SSSR count). The fourth-order valence-corrected chi connectivity index (χ4v) is 3.82. The summed E-state index contributed by atoms with van der Waals surface area (Å²) < 4.78 is 3.86. The molecule has 0 aromatic carbocycles. The van der Waals surface area contributed by atoms with E-state index in [1.807, 2.05) is 25.1 Å². The Morgan fingerprint density at radius 1 is 1.25 bits per heavy atom. The molecular formula is C19H22N4O. The van der Waals surface area contributed by atoms with Crippen LogP contribution in [-0.4, -0.2) is 25.4 Å². The molecular weight excluding hydrogens is 300 g/mol. The van der Waals surface area contributed by atoms with E-state index in [0.717, 1.165) is 36.5 Å². The fourth-order valence-electron chi connectivity index (χ4n) is 3.82. The van der Waals surface area contributed by atoms with Gasteiger partial charge in [0.15, 0.2) is 0 Å². The predicted molar refractivity (Wildman–Crippen MR) is 94.0 cm³/mol. The van der Waals surface area contributed by atoms with Crippen molar-refractivity contribution in [2.24, 2.45) is 7.05 Å². The summed E-state index contributed by atoms with van der Waals surface area (Å²) in [6.45, 7) is 3.70. The number of hydrogen-bond donors (Lipinski definition) is 0. The van der Waals surface area contributed by atoms with Crippen molar-refractivity contribution >= 4 is 5.65 Å². The highest BCUT2D eigenvalue weighted by Gasteiger charge is 2.28. The molecule has 1 aliphatic heterocycles. The van der Waals surface area contributed by atoms with Gasteiger partial charge in [-0.25, -0.2) is 4.98 Å². The SMILES string of the molecule is Cc1cccc2nc(CN3CCCC3c3cccn3C)cc(=O)n12. The Balaban J connectivity index is 1.67. The van der Waals surface area contributed by atoms with Crippen molar-refractivity contribution in [3.8, 4) is 0 Å². The lowest BCUT2D eigenvalue weighted by molar-refractivity contribution is 0.238. The van der Waals surface area contributed by atoms with E-state index in [2.05, 4.69) is 34.8 Å². The van der Waals surface area contributed by atoms with Crippen molar-refractivity contribution in [1.29, 1.82) is 0 Å². The quantitative estimate of drug-likeness (QED) is 0.744. The van der Waals surface area contributed by atoms with Gasteiger partial charge in [0.05, 0.1) is 11.7 Å². The van der Waals surface area contributed by atoms with Gasteiger partial charge in [-0.2, -0.15) is 0 Å². The van der Waals surface area contributed by atoms with E-state index in [4.69, 9.17) is 4.98 Å². The summed E-state index contributed by atoms with van der Waals surface area (Å²) in [6, 6.07) is 12.1. The highest BCUT2D eigenvalue weighted by atomic mass is 16.1. The minimum absolute atomic E-state index is 0.00251. The summed E-state index contributed by atoms with van der Waals surface area (Å²) in [6.07, 6.45) is 4.43. The van der Waals surface area contributed by atoms with E-state index >= 15 is 0 Å². The maximum absolute atomic E-state index is 12.5. The second-order valence-electron chi connectivity index (χ2n) is 6.62. The van der Waals surface area contributed by atoms with E-state index < -0.39 is 0 Å². The van der Waals surface area contributed by atoms with E-state index in [-0.39, 0.29) is 5.56 Å². The zero-order valence-corrected chi connectivity index (χ0v) is 14.1. The molecule has 1 saturated heterocycles. The normalized spacial score (nSPS) is 18.5. The summed E-state index contributed by atoms with van der Waals surface area (Å²) in [5.41, 5.74) is 3.84. The van der Waals surface area contributed by atoms with Crippen molar-refractivity contribution in [3.05, 3.63) is 70.0 Å². The molecule has 24 heavy (non-hydrogen) atoms. The Kier molecular flexibility index (Phi) is 3.73. The summed E-state index contributed by atoms with van der Waals surface area (Å²) >= 11 is 0. The van der Waals surface area contributed by atoms with Crippen LogP contribution >= 0.6 is 0 Å². The largest absolute Gasteiger partial charge is 0.353 e. The first-order chi connectivity index (χ1) is 11.6. The minimum Gasteiger partial charge on any atom is -0.353 e. The van der Waals surface area contributed by atoms with Crippen LogP contribution in [0, 0.1) is 6.92 Å². The molecule has 3 aromatic heterocycles. The van der Waals surface area contributed by atoms with Gasteiger partial charge >= 0.3 is 0 Å². The number of aromatic nitrogens is 3. The Morgan fingerprint density at radius 2 is 2.12 bits per heavy atom. The molecule has 0 saturated carbocycles. The van der Waals surface area contributed by atoms with Gasteiger partial charge in [0.1, 0.15) is 5.65 Å². The predicted octanol–water partition coefficient (Wildman–Crippen LogP) is 2.68. The van der Waals surface area contributed by atoms with Gasteiger partial charge in [-0.1, -0.05) is 6.07 Å². The average Bonchev–Trinajstić information content (AvgIpc) is 3.15.